The Kier molecular flexibility index (Phi) is 6.30. The van der Waals surface area contributed by atoms with E-state index in [1.54, 1.807) is 24.3 Å². The number of likely N-dealkylation sites (tertiary alicyclic amines) is 1. The van der Waals surface area contributed by atoms with Gasteiger partial charge >= 0.3 is 0 Å². The number of nitrogens with zero attached hydrogens (tertiary/aromatic N) is 1. The van der Waals surface area contributed by atoms with Crippen LogP contribution >= 0.6 is 28.3 Å². The Morgan fingerprint density at radius 3 is 2.68 bits per heavy atom. The Balaban J connectivity index is 0.00000176. The van der Waals surface area contributed by atoms with E-state index in [1.807, 2.05) is 0 Å². The molecule has 124 valence electrons. The summed E-state index contributed by atoms with van der Waals surface area (Å²) in [5, 5.41) is 3.53. The summed E-state index contributed by atoms with van der Waals surface area (Å²) in [6, 6.07) is 7.56. The summed E-state index contributed by atoms with van der Waals surface area (Å²) >= 11 is 3.33. The van der Waals surface area contributed by atoms with E-state index in [0.29, 0.717) is 23.4 Å². The van der Waals surface area contributed by atoms with E-state index in [4.69, 9.17) is 0 Å². The summed E-state index contributed by atoms with van der Waals surface area (Å²) in [6.45, 7) is 3.79. The molecule has 1 aromatic carbocycles. The number of rotatable bonds is 4. The van der Waals surface area contributed by atoms with Crippen molar-refractivity contribution in [2.75, 3.05) is 31.9 Å². The van der Waals surface area contributed by atoms with E-state index in [1.165, 1.54) is 6.42 Å². The molecule has 0 radical (unpaired) electrons. The van der Waals surface area contributed by atoms with Crippen molar-refractivity contribution in [3.63, 3.8) is 0 Å². The van der Waals surface area contributed by atoms with Crippen molar-refractivity contribution in [3.8, 4) is 0 Å². The lowest BCUT2D eigenvalue weighted by Gasteiger charge is -2.34. The van der Waals surface area contributed by atoms with Crippen LogP contribution in [0.25, 0.3) is 0 Å². The highest BCUT2D eigenvalue weighted by Gasteiger charge is 2.32. The van der Waals surface area contributed by atoms with Gasteiger partial charge in [0.2, 0.25) is 0 Å². The van der Waals surface area contributed by atoms with Crippen molar-refractivity contribution >= 4 is 38.2 Å². The number of hydrogen-bond acceptors (Lipinski definition) is 4. The fourth-order valence-electron chi connectivity index (χ4n) is 3.34. The fraction of sp³-hybridized carbons (Fsp3) is 0.600. The first kappa shape index (κ1) is 18.2. The number of hydrogen-bond donors (Lipinski definition) is 1. The minimum atomic E-state index is -3.18. The van der Waals surface area contributed by atoms with E-state index in [0.717, 1.165) is 30.5 Å². The smallest absolute Gasteiger partial charge is 0.179 e. The Hall–Kier alpha value is -0.140. The zero-order valence-electron chi connectivity index (χ0n) is 12.4. The summed E-state index contributed by atoms with van der Waals surface area (Å²) < 4.78 is 25.6. The third-order valence-corrected chi connectivity index (χ3v) is 6.83. The molecule has 7 heteroatoms. The lowest BCUT2D eigenvalue weighted by atomic mass is 9.93. The lowest BCUT2D eigenvalue weighted by molar-refractivity contribution is 0.171. The zero-order chi connectivity index (χ0) is 14.9. The van der Waals surface area contributed by atoms with Crippen LogP contribution in [0.4, 0.5) is 0 Å². The molecule has 22 heavy (non-hydrogen) atoms. The molecule has 4 nitrogen and oxygen atoms in total. The molecule has 1 aromatic rings. The van der Waals surface area contributed by atoms with Gasteiger partial charge in [0.15, 0.2) is 9.84 Å². The van der Waals surface area contributed by atoms with Crippen molar-refractivity contribution in [2.45, 2.75) is 23.8 Å². The molecule has 0 aromatic heterocycles. The van der Waals surface area contributed by atoms with Crippen LogP contribution < -0.4 is 5.32 Å². The van der Waals surface area contributed by atoms with Gasteiger partial charge in [-0.1, -0.05) is 15.9 Å². The second kappa shape index (κ2) is 7.62. The van der Waals surface area contributed by atoms with Crippen LogP contribution in [0.15, 0.2) is 33.6 Å². The maximum atomic E-state index is 12.4. The predicted octanol–water partition coefficient (Wildman–Crippen LogP) is 2.33. The molecule has 2 heterocycles. The molecule has 0 aliphatic carbocycles. The first-order valence-corrected chi connectivity index (χ1v) is 9.93. The third kappa shape index (κ3) is 4.23. The van der Waals surface area contributed by atoms with Crippen LogP contribution in [-0.4, -0.2) is 51.3 Å². The molecule has 2 unspecified atom stereocenters. The molecule has 0 saturated carbocycles. The van der Waals surface area contributed by atoms with Crippen molar-refractivity contribution in [1.29, 1.82) is 0 Å². The third-order valence-electron chi connectivity index (χ3n) is 4.59. The number of fused-ring (bicyclic) bond motifs is 1. The van der Waals surface area contributed by atoms with Gasteiger partial charge in [0.25, 0.3) is 0 Å². The highest BCUT2D eigenvalue weighted by molar-refractivity contribution is 9.10. The Labute approximate surface area is 147 Å². The maximum Gasteiger partial charge on any atom is 0.179 e. The zero-order valence-corrected chi connectivity index (χ0v) is 15.6. The van der Waals surface area contributed by atoms with Crippen LogP contribution in [0, 0.1) is 5.92 Å². The Morgan fingerprint density at radius 1 is 1.23 bits per heavy atom. The molecule has 0 amide bonds. The molecule has 2 fully saturated rings. The highest BCUT2D eigenvalue weighted by Crippen LogP contribution is 2.24. The molecule has 1 N–H and O–H groups in total. The molecule has 0 bridgehead atoms. The van der Waals surface area contributed by atoms with Crippen molar-refractivity contribution in [1.82, 2.24) is 10.2 Å². The van der Waals surface area contributed by atoms with Crippen molar-refractivity contribution in [3.05, 3.63) is 28.7 Å². The van der Waals surface area contributed by atoms with Crippen LogP contribution in [0.3, 0.4) is 0 Å². The van der Waals surface area contributed by atoms with Gasteiger partial charge in [0.05, 0.1) is 10.6 Å². The molecule has 2 saturated heterocycles. The normalized spacial score (nSPS) is 25.5. The molecule has 3 rings (SSSR count). The van der Waals surface area contributed by atoms with Gasteiger partial charge in [-0.25, -0.2) is 8.42 Å². The second-order valence-electron chi connectivity index (χ2n) is 5.97. The van der Waals surface area contributed by atoms with Crippen LogP contribution in [0.2, 0.25) is 0 Å². The number of benzene rings is 1. The summed E-state index contributed by atoms with van der Waals surface area (Å²) in [7, 11) is -3.18. The van der Waals surface area contributed by atoms with Gasteiger partial charge in [0, 0.05) is 23.6 Å². The summed E-state index contributed by atoms with van der Waals surface area (Å²) in [5.74, 6) is 0.911. The van der Waals surface area contributed by atoms with Gasteiger partial charge < -0.3 is 10.2 Å². The lowest BCUT2D eigenvalue weighted by Crippen LogP contribution is -2.45. The molecular weight excluding hydrogens is 388 g/mol. The fourth-order valence-corrected chi connectivity index (χ4v) is 4.88. The van der Waals surface area contributed by atoms with Crippen LogP contribution in [0.5, 0.6) is 0 Å². The quantitative estimate of drug-likeness (QED) is 0.829. The minimum Gasteiger partial charge on any atom is -0.314 e. The first-order valence-electron chi connectivity index (χ1n) is 7.49. The van der Waals surface area contributed by atoms with Crippen LogP contribution in [0.1, 0.15) is 12.8 Å². The molecular formula is C15H22BrClN2O2S. The number of halogens is 2. The minimum absolute atomic E-state index is 0. The highest BCUT2D eigenvalue weighted by atomic mass is 79.9. The molecule has 0 spiro atoms. The van der Waals surface area contributed by atoms with E-state index >= 15 is 0 Å². The van der Waals surface area contributed by atoms with Crippen molar-refractivity contribution in [2.24, 2.45) is 5.92 Å². The van der Waals surface area contributed by atoms with Gasteiger partial charge in [0.1, 0.15) is 0 Å². The Morgan fingerprint density at radius 2 is 1.95 bits per heavy atom. The van der Waals surface area contributed by atoms with E-state index < -0.39 is 9.84 Å². The maximum absolute atomic E-state index is 12.4. The number of nitrogens with one attached hydrogen (secondary N) is 1. The summed E-state index contributed by atoms with van der Waals surface area (Å²) in [4.78, 5) is 2.73. The standard InChI is InChI=1S/C15H21BrN2O2S.ClH/c16-13-1-3-14(4-2-13)21(19,20)10-9-18-8-6-15-12(11-18)5-7-17-15;/h1-4,12,15,17H,5-11H2;1H. The number of sulfone groups is 1. The molecule has 2 aliphatic heterocycles. The van der Waals surface area contributed by atoms with E-state index in [9.17, 15) is 8.42 Å². The topological polar surface area (TPSA) is 49.4 Å². The number of piperidine rings is 1. The van der Waals surface area contributed by atoms with E-state index in [-0.39, 0.29) is 18.2 Å². The van der Waals surface area contributed by atoms with E-state index in [2.05, 4.69) is 26.1 Å². The van der Waals surface area contributed by atoms with Gasteiger partial charge in [-0.05, 0) is 56.1 Å². The largest absolute Gasteiger partial charge is 0.314 e. The first-order chi connectivity index (χ1) is 10.0. The second-order valence-corrected chi connectivity index (χ2v) is 9.00. The van der Waals surface area contributed by atoms with Crippen LogP contribution in [-0.2, 0) is 9.84 Å². The summed E-state index contributed by atoms with van der Waals surface area (Å²) in [5.41, 5.74) is 0. The average molecular weight is 410 g/mol. The summed E-state index contributed by atoms with van der Waals surface area (Å²) in [6.07, 6.45) is 2.36. The van der Waals surface area contributed by atoms with Crippen molar-refractivity contribution < 1.29 is 8.42 Å². The van der Waals surface area contributed by atoms with Gasteiger partial charge in [-0.3, -0.25) is 0 Å². The van der Waals surface area contributed by atoms with Gasteiger partial charge in [-0.2, -0.15) is 0 Å². The molecule has 2 aliphatic rings. The Bertz CT molecular complexity index is 594. The predicted molar refractivity (Wildman–Crippen MR) is 94.4 cm³/mol. The van der Waals surface area contributed by atoms with Gasteiger partial charge in [-0.15, -0.1) is 12.4 Å². The SMILES string of the molecule is Cl.O=S(=O)(CCN1CCC2NCCC2C1)c1ccc(Br)cc1. The monoisotopic (exact) mass is 408 g/mol. The molecule has 2 atom stereocenters. The average Bonchev–Trinajstić information content (AvgIpc) is 2.93.